The maximum Gasteiger partial charge on any atom is 0.338 e. The Morgan fingerprint density at radius 2 is 1.67 bits per heavy atom. The molecular formula is C26H22Cl2N2O3. The first-order valence-electron chi connectivity index (χ1n) is 10.6. The summed E-state index contributed by atoms with van der Waals surface area (Å²) in [6, 6.07) is 23.6. The highest BCUT2D eigenvalue weighted by atomic mass is 35.5. The lowest BCUT2D eigenvalue weighted by Gasteiger charge is -2.23. The molecule has 0 fully saturated rings. The Balaban J connectivity index is 1.47. The van der Waals surface area contributed by atoms with Crippen LogP contribution in [0.15, 0.2) is 88.1 Å². The highest BCUT2D eigenvalue weighted by Gasteiger charge is 2.17. The Morgan fingerprint density at radius 1 is 0.909 bits per heavy atom. The van der Waals surface area contributed by atoms with Crippen LogP contribution in [-0.2, 0) is 6.54 Å². The first kappa shape index (κ1) is 22.9. The fourth-order valence-corrected chi connectivity index (χ4v) is 3.92. The van der Waals surface area contributed by atoms with E-state index in [1.807, 2.05) is 48.5 Å². The Labute approximate surface area is 201 Å². The molecule has 7 heteroatoms. The van der Waals surface area contributed by atoms with Crippen molar-refractivity contribution in [2.45, 2.75) is 13.0 Å². The molecule has 1 aromatic heterocycles. The van der Waals surface area contributed by atoms with Crippen LogP contribution in [0.25, 0.3) is 11.0 Å². The standard InChI is InChI=1S/C26H22Cl2N2O3/c27-21-12-11-19(15-22(21)28)26(32)30(17-18-7-2-1-3-8-18)14-6-13-29-23-16-25(31)33-24-10-5-4-9-20(23)24/h1-5,7-12,15-16,29H,6,13-14,17H2. The Bertz CT molecular complexity index is 1320. The van der Waals surface area contributed by atoms with Crippen molar-refractivity contribution >= 4 is 45.8 Å². The van der Waals surface area contributed by atoms with Crippen molar-refractivity contribution < 1.29 is 9.21 Å². The number of anilines is 1. The molecule has 0 saturated heterocycles. The molecule has 5 nitrogen and oxygen atoms in total. The normalized spacial score (nSPS) is 10.8. The molecule has 33 heavy (non-hydrogen) atoms. The van der Waals surface area contributed by atoms with Gasteiger partial charge in [0.05, 0.1) is 15.7 Å². The van der Waals surface area contributed by atoms with E-state index in [0.717, 1.165) is 10.9 Å². The molecule has 0 radical (unpaired) electrons. The van der Waals surface area contributed by atoms with Crippen LogP contribution in [0.4, 0.5) is 5.69 Å². The number of carbonyl (C=O) groups is 1. The maximum atomic E-state index is 13.2. The maximum absolute atomic E-state index is 13.2. The molecule has 1 amide bonds. The summed E-state index contributed by atoms with van der Waals surface area (Å²) >= 11 is 12.1. The monoisotopic (exact) mass is 480 g/mol. The van der Waals surface area contributed by atoms with Gasteiger partial charge >= 0.3 is 5.63 Å². The van der Waals surface area contributed by atoms with Gasteiger partial charge in [0.15, 0.2) is 0 Å². The van der Waals surface area contributed by atoms with Crippen LogP contribution < -0.4 is 10.9 Å². The van der Waals surface area contributed by atoms with Gasteiger partial charge < -0.3 is 14.6 Å². The van der Waals surface area contributed by atoms with Crippen molar-refractivity contribution in [3.63, 3.8) is 0 Å². The molecule has 0 atom stereocenters. The van der Waals surface area contributed by atoms with Crippen LogP contribution in [0.1, 0.15) is 22.3 Å². The van der Waals surface area contributed by atoms with E-state index in [-0.39, 0.29) is 5.91 Å². The topological polar surface area (TPSA) is 62.6 Å². The minimum absolute atomic E-state index is 0.122. The molecule has 0 unspecified atom stereocenters. The third kappa shape index (κ3) is 5.75. The number of rotatable bonds is 8. The van der Waals surface area contributed by atoms with Gasteiger partial charge in [-0.1, -0.05) is 65.7 Å². The van der Waals surface area contributed by atoms with Gasteiger partial charge in [-0.15, -0.1) is 0 Å². The second-order valence-electron chi connectivity index (χ2n) is 7.60. The number of fused-ring (bicyclic) bond motifs is 1. The smallest absolute Gasteiger partial charge is 0.338 e. The van der Waals surface area contributed by atoms with Crippen LogP contribution in [-0.4, -0.2) is 23.9 Å². The highest BCUT2D eigenvalue weighted by molar-refractivity contribution is 6.42. The van der Waals surface area contributed by atoms with E-state index in [2.05, 4.69) is 5.32 Å². The summed E-state index contributed by atoms with van der Waals surface area (Å²) in [7, 11) is 0. The fraction of sp³-hybridized carbons (Fsp3) is 0.154. The number of nitrogens with one attached hydrogen (secondary N) is 1. The largest absolute Gasteiger partial charge is 0.423 e. The minimum atomic E-state index is -0.406. The summed E-state index contributed by atoms with van der Waals surface area (Å²) in [5.74, 6) is -0.122. The molecule has 3 aromatic carbocycles. The Morgan fingerprint density at radius 3 is 2.45 bits per heavy atom. The molecule has 4 aromatic rings. The van der Waals surface area contributed by atoms with E-state index >= 15 is 0 Å². The lowest BCUT2D eigenvalue weighted by atomic mass is 10.1. The van der Waals surface area contributed by atoms with Crippen LogP contribution >= 0.6 is 23.2 Å². The van der Waals surface area contributed by atoms with Crippen molar-refractivity contribution in [2.24, 2.45) is 0 Å². The average molecular weight is 481 g/mol. The number of para-hydroxylation sites is 1. The zero-order valence-corrected chi connectivity index (χ0v) is 19.3. The van der Waals surface area contributed by atoms with Gasteiger partial charge in [-0.05, 0) is 42.3 Å². The van der Waals surface area contributed by atoms with Crippen LogP contribution in [0, 0.1) is 0 Å². The van der Waals surface area contributed by atoms with Crippen molar-refractivity contribution in [3.8, 4) is 0 Å². The molecule has 0 aliphatic carbocycles. The molecule has 1 N–H and O–H groups in total. The van der Waals surface area contributed by atoms with Crippen molar-refractivity contribution in [1.82, 2.24) is 4.90 Å². The van der Waals surface area contributed by atoms with E-state index in [1.165, 1.54) is 6.07 Å². The summed E-state index contributed by atoms with van der Waals surface area (Å²) in [5.41, 5.74) is 2.36. The van der Waals surface area contributed by atoms with Crippen molar-refractivity contribution in [3.05, 3.63) is 110 Å². The Kier molecular flexibility index (Phi) is 7.33. The number of hydrogen-bond donors (Lipinski definition) is 1. The third-order valence-corrected chi connectivity index (χ3v) is 5.98. The predicted octanol–water partition coefficient (Wildman–Crippen LogP) is 6.24. The van der Waals surface area contributed by atoms with E-state index in [4.69, 9.17) is 27.6 Å². The number of amides is 1. The molecule has 0 aliphatic rings. The van der Waals surface area contributed by atoms with Crippen LogP contribution in [0.5, 0.6) is 0 Å². The zero-order valence-electron chi connectivity index (χ0n) is 17.8. The molecular weight excluding hydrogens is 459 g/mol. The van der Waals surface area contributed by atoms with Crippen LogP contribution in [0.2, 0.25) is 10.0 Å². The molecule has 0 saturated carbocycles. The number of benzene rings is 3. The predicted molar refractivity (Wildman–Crippen MR) is 133 cm³/mol. The molecule has 0 spiro atoms. The van der Waals surface area contributed by atoms with Crippen molar-refractivity contribution in [1.29, 1.82) is 0 Å². The summed E-state index contributed by atoms with van der Waals surface area (Å²) in [4.78, 5) is 26.9. The first-order chi connectivity index (χ1) is 16.0. The first-order valence-corrected chi connectivity index (χ1v) is 11.3. The van der Waals surface area contributed by atoms with E-state index in [9.17, 15) is 9.59 Å². The summed E-state index contributed by atoms with van der Waals surface area (Å²) in [6.07, 6.45) is 0.675. The minimum Gasteiger partial charge on any atom is -0.423 e. The number of nitrogens with zero attached hydrogens (tertiary/aromatic N) is 1. The summed E-state index contributed by atoms with van der Waals surface area (Å²) in [6.45, 7) is 1.56. The van der Waals surface area contributed by atoms with Gasteiger partial charge in [-0.3, -0.25) is 4.79 Å². The van der Waals surface area contributed by atoms with Gasteiger partial charge in [0.1, 0.15) is 5.58 Å². The van der Waals surface area contributed by atoms with Gasteiger partial charge in [0.2, 0.25) is 0 Å². The third-order valence-electron chi connectivity index (χ3n) is 5.24. The van der Waals surface area contributed by atoms with Gasteiger partial charge in [-0.2, -0.15) is 0 Å². The fourth-order valence-electron chi connectivity index (χ4n) is 3.62. The molecule has 168 valence electrons. The SMILES string of the molecule is O=C(c1ccc(Cl)c(Cl)c1)N(CCCNc1cc(=O)oc2ccccc12)Cc1ccccc1. The molecule has 1 heterocycles. The zero-order chi connectivity index (χ0) is 23.2. The number of carbonyl (C=O) groups excluding carboxylic acids is 1. The summed E-state index contributed by atoms with van der Waals surface area (Å²) in [5, 5.41) is 4.90. The molecule has 0 bridgehead atoms. The lowest BCUT2D eigenvalue weighted by molar-refractivity contribution is 0.0742. The second kappa shape index (κ2) is 10.6. The van der Waals surface area contributed by atoms with E-state index < -0.39 is 5.63 Å². The highest BCUT2D eigenvalue weighted by Crippen LogP contribution is 2.24. The lowest BCUT2D eigenvalue weighted by Crippen LogP contribution is -2.32. The van der Waals surface area contributed by atoms with Gasteiger partial charge in [0.25, 0.3) is 5.91 Å². The van der Waals surface area contributed by atoms with Crippen molar-refractivity contribution in [2.75, 3.05) is 18.4 Å². The van der Waals surface area contributed by atoms with E-state index in [1.54, 1.807) is 29.2 Å². The van der Waals surface area contributed by atoms with Gasteiger partial charge in [-0.25, -0.2) is 4.79 Å². The van der Waals surface area contributed by atoms with Gasteiger partial charge in [0, 0.05) is 36.7 Å². The van der Waals surface area contributed by atoms with E-state index in [0.29, 0.717) is 52.9 Å². The average Bonchev–Trinajstić information content (AvgIpc) is 2.82. The molecule has 4 rings (SSSR count). The number of halogens is 2. The van der Waals surface area contributed by atoms with Crippen LogP contribution in [0.3, 0.4) is 0 Å². The molecule has 0 aliphatic heterocycles. The number of hydrogen-bond acceptors (Lipinski definition) is 4. The summed E-state index contributed by atoms with van der Waals surface area (Å²) < 4.78 is 5.24. The quantitative estimate of drug-likeness (QED) is 0.239. The Hall–Kier alpha value is -3.28. The second-order valence-corrected chi connectivity index (χ2v) is 8.41.